The maximum atomic E-state index is 12.8. The number of rotatable bonds is 6. The van der Waals surface area contributed by atoms with E-state index in [1.165, 1.54) is 0 Å². The van der Waals surface area contributed by atoms with E-state index in [2.05, 4.69) is 15.3 Å². The summed E-state index contributed by atoms with van der Waals surface area (Å²) < 4.78 is 6.04. The largest absolute Gasteiger partial charge is 0.486 e. The van der Waals surface area contributed by atoms with Crippen LogP contribution in [0.5, 0.6) is 5.75 Å². The smallest absolute Gasteiger partial charge is 0.255 e. The lowest BCUT2D eigenvalue weighted by molar-refractivity contribution is 0.102. The first-order valence-electron chi connectivity index (χ1n) is 10.8. The third-order valence-corrected chi connectivity index (χ3v) is 5.48. The standard InChI is InChI=1S/C28H23N3O2/c1-19(20-8-3-2-4-9-20)33-24-11-7-10-22(18-24)28(32)29-23-16-14-21(15-17-23)27-30-25-12-5-6-13-26(25)31-27/h2-19H,1H3,(H,29,32)(H,30,31). The second-order valence-electron chi connectivity index (χ2n) is 7.83. The van der Waals surface area contributed by atoms with Crippen molar-refractivity contribution in [3.8, 4) is 17.1 Å². The number of nitrogens with one attached hydrogen (secondary N) is 2. The molecular formula is C28H23N3O2. The fourth-order valence-electron chi connectivity index (χ4n) is 3.71. The molecule has 0 bridgehead atoms. The number of aromatic nitrogens is 2. The molecule has 5 nitrogen and oxygen atoms in total. The zero-order chi connectivity index (χ0) is 22.6. The second kappa shape index (κ2) is 9.01. The van der Waals surface area contributed by atoms with Crippen LogP contribution in [0.15, 0.2) is 103 Å². The molecular weight excluding hydrogens is 410 g/mol. The molecule has 0 aliphatic rings. The molecule has 0 aliphatic heterocycles. The number of anilines is 1. The summed E-state index contributed by atoms with van der Waals surface area (Å²) >= 11 is 0. The predicted octanol–water partition coefficient (Wildman–Crippen LogP) is 6.62. The van der Waals surface area contributed by atoms with Gasteiger partial charge < -0.3 is 15.0 Å². The first-order chi connectivity index (χ1) is 16.2. The molecule has 0 spiro atoms. The summed E-state index contributed by atoms with van der Waals surface area (Å²) in [6.45, 7) is 1.99. The Labute approximate surface area is 192 Å². The summed E-state index contributed by atoms with van der Waals surface area (Å²) in [4.78, 5) is 20.7. The molecule has 1 amide bonds. The number of amides is 1. The van der Waals surface area contributed by atoms with Gasteiger partial charge in [-0.25, -0.2) is 4.98 Å². The van der Waals surface area contributed by atoms with Crippen molar-refractivity contribution in [1.82, 2.24) is 9.97 Å². The lowest BCUT2D eigenvalue weighted by Crippen LogP contribution is -2.12. The molecule has 0 fully saturated rings. The molecule has 1 heterocycles. The van der Waals surface area contributed by atoms with Gasteiger partial charge in [-0.05, 0) is 67.1 Å². The van der Waals surface area contributed by atoms with E-state index in [1.54, 1.807) is 12.1 Å². The Bertz CT molecular complexity index is 1360. The van der Waals surface area contributed by atoms with E-state index in [4.69, 9.17) is 4.74 Å². The van der Waals surface area contributed by atoms with Gasteiger partial charge >= 0.3 is 0 Å². The average Bonchev–Trinajstić information content (AvgIpc) is 3.29. The number of hydrogen-bond acceptors (Lipinski definition) is 3. The van der Waals surface area contributed by atoms with Crippen LogP contribution in [0.2, 0.25) is 0 Å². The fraction of sp³-hybridized carbons (Fsp3) is 0.0714. The van der Waals surface area contributed by atoms with Crippen LogP contribution in [0, 0.1) is 0 Å². The molecule has 1 atom stereocenters. The molecule has 1 unspecified atom stereocenters. The summed E-state index contributed by atoms with van der Waals surface area (Å²) in [6, 6.07) is 32.8. The van der Waals surface area contributed by atoms with Gasteiger partial charge in [-0.3, -0.25) is 4.79 Å². The van der Waals surface area contributed by atoms with E-state index in [-0.39, 0.29) is 12.0 Å². The highest BCUT2D eigenvalue weighted by molar-refractivity contribution is 6.04. The molecule has 0 saturated carbocycles. The SMILES string of the molecule is CC(Oc1cccc(C(=O)Nc2ccc(-c3nc4ccccc4[nH]3)cc2)c1)c1ccccc1. The number of nitrogens with zero attached hydrogens (tertiary/aromatic N) is 1. The van der Waals surface area contributed by atoms with E-state index < -0.39 is 0 Å². The quantitative estimate of drug-likeness (QED) is 0.316. The van der Waals surface area contributed by atoms with Gasteiger partial charge in [-0.2, -0.15) is 0 Å². The predicted molar refractivity (Wildman–Crippen MR) is 131 cm³/mol. The Balaban J connectivity index is 1.27. The zero-order valence-electron chi connectivity index (χ0n) is 18.2. The summed E-state index contributed by atoms with van der Waals surface area (Å²) in [5.74, 6) is 1.26. The Morgan fingerprint density at radius 2 is 1.64 bits per heavy atom. The molecule has 33 heavy (non-hydrogen) atoms. The normalized spacial score (nSPS) is 11.8. The number of ether oxygens (including phenoxy) is 1. The minimum Gasteiger partial charge on any atom is -0.486 e. The number of imidazole rings is 1. The number of carbonyl (C=O) groups excluding carboxylic acids is 1. The van der Waals surface area contributed by atoms with Crippen molar-refractivity contribution < 1.29 is 9.53 Å². The number of H-pyrrole nitrogens is 1. The first kappa shape index (κ1) is 20.5. The minimum atomic E-state index is -0.190. The monoisotopic (exact) mass is 433 g/mol. The van der Waals surface area contributed by atoms with Crippen LogP contribution in [0.25, 0.3) is 22.4 Å². The van der Waals surface area contributed by atoms with Crippen molar-refractivity contribution in [2.75, 3.05) is 5.32 Å². The van der Waals surface area contributed by atoms with E-state index >= 15 is 0 Å². The molecule has 2 N–H and O–H groups in total. The van der Waals surface area contributed by atoms with Gasteiger partial charge in [0.15, 0.2) is 0 Å². The van der Waals surface area contributed by atoms with Crippen molar-refractivity contribution in [3.63, 3.8) is 0 Å². The molecule has 5 heteroatoms. The molecule has 4 aromatic carbocycles. The van der Waals surface area contributed by atoms with Crippen LogP contribution in [0.3, 0.4) is 0 Å². The number of hydrogen-bond donors (Lipinski definition) is 2. The first-order valence-corrected chi connectivity index (χ1v) is 10.8. The number of carbonyl (C=O) groups is 1. The molecule has 1 aromatic heterocycles. The van der Waals surface area contributed by atoms with E-state index in [0.29, 0.717) is 17.0 Å². The second-order valence-corrected chi connectivity index (χ2v) is 7.83. The summed E-state index contributed by atoms with van der Waals surface area (Å²) in [5.41, 5.74) is 5.20. The molecule has 0 saturated heterocycles. The number of para-hydroxylation sites is 2. The van der Waals surface area contributed by atoms with E-state index in [0.717, 1.165) is 28.0 Å². The van der Waals surface area contributed by atoms with Crippen molar-refractivity contribution in [1.29, 1.82) is 0 Å². The minimum absolute atomic E-state index is 0.115. The number of aromatic amines is 1. The average molecular weight is 434 g/mol. The zero-order valence-corrected chi connectivity index (χ0v) is 18.2. The van der Waals surface area contributed by atoms with Crippen LogP contribution in [0.4, 0.5) is 5.69 Å². The van der Waals surface area contributed by atoms with Gasteiger partial charge in [0.1, 0.15) is 17.7 Å². The topological polar surface area (TPSA) is 67.0 Å². The van der Waals surface area contributed by atoms with Gasteiger partial charge in [0, 0.05) is 16.8 Å². The van der Waals surface area contributed by atoms with Crippen LogP contribution < -0.4 is 10.1 Å². The van der Waals surface area contributed by atoms with Gasteiger partial charge in [0.05, 0.1) is 11.0 Å². The highest BCUT2D eigenvalue weighted by Crippen LogP contribution is 2.24. The molecule has 0 radical (unpaired) electrons. The van der Waals surface area contributed by atoms with E-state index in [9.17, 15) is 4.79 Å². The van der Waals surface area contributed by atoms with Crippen LogP contribution in [-0.4, -0.2) is 15.9 Å². The molecule has 5 aromatic rings. The van der Waals surface area contributed by atoms with Crippen LogP contribution >= 0.6 is 0 Å². The highest BCUT2D eigenvalue weighted by atomic mass is 16.5. The Morgan fingerprint density at radius 3 is 2.42 bits per heavy atom. The van der Waals surface area contributed by atoms with Gasteiger partial charge in [0.2, 0.25) is 0 Å². The van der Waals surface area contributed by atoms with Crippen LogP contribution in [0.1, 0.15) is 28.9 Å². The fourth-order valence-corrected chi connectivity index (χ4v) is 3.71. The summed E-state index contributed by atoms with van der Waals surface area (Å²) in [7, 11) is 0. The Hall–Kier alpha value is -4.38. The number of fused-ring (bicyclic) bond motifs is 1. The van der Waals surface area contributed by atoms with Crippen LogP contribution in [-0.2, 0) is 0 Å². The van der Waals surface area contributed by atoms with Gasteiger partial charge in [0.25, 0.3) is 5.91 Å². The molecule has 5 rings (SSSR count). The Kier molecular flexibility index (Phi) is 5.60. The summed E-state index contributed by atoms with van der Waals surface area (Å²) in [6.07, 6.45) is -0.115. The van der Waals surface area contributed by atoms with Crippen molar-refractivity contribution in [2.45, 2.75) is 13.0 Å². The van der Waals surface area contributed by atoms with Crippen molar-refractivity contribution in [3.05, 3.63) is 114 Å². The lowest BCUT2D eigenvalue weighted by atomic mass is 10.1. The highest BCUT2D eigenvalue weighted by Gasteiger charge is 2.11. The third kappa shape index (κ3) is 4.62. The Morgan fingerprint density at radius 1 is 0.879 bits per heavy atom. The maximum Gasteiger partial charge on any atom is 0.255 e. The van der Waals surface area contributed by atoms with Gasteiger partial charge in [-0.1, -0.05) is 48.5 Å². The van der Waals surface area contributed by atoms with Gasteiger partial charge in [-0.15, -0.1) is 0 Å². The van der Waals surface area contributed by atoms with Crippen molar-refractivity contribution in [2.24, 2.45) is 0 Å². The van der Waals surface area contributed by atoms with Crippen molar-refractivity contribution >= 4 is 22.6 Å². The van der Waals surface area contributed by atoms with E-state index in [1.807, 2.05) is 97.9 Å². The summed E-state index contributed by atoms with van der Waals surface area (Å²) in [5, 5.41) is 2.95. The lowest BCUT2D eigenvalue weighted by Gasteiger charge is -2.15. The molecule has 162 valence electrons. The maximum absolute atomic E-state index is 12.8. The number of benzene rings is 4. The third-order valence-electron chi connectivity index (χ3n) is 5.48. The molecule has 0 aliphatic carbocycles.